The molecule has 0 bridgehead atoms. The summed E-state index contributed by atoms with van der Waals surface area (Å²) >= 11 is 0. The molecular formula is C61H40IrN3-. The van der Waals surface area contributed by atoms with E-state index in [-0.39, 0.29) is 20.1 Å². The SMILES string of the molecule is [Ir].[c-]1ccc(-c2nc(-c3cc(-c4ccccc4)cc(-c4ccccc4)c3)cc(-c3cc(-c4ccccc4)cc(-c4cccc(-c5ccccc5)c4)c3)n2)cc1-c1nccc2ccccc12. The molecule has 3 nitrogen and oxygen atoms in total. The Bertz CT molecular complexity index is 3360. The maximum Gasteiger partial charge on any atom is 0.142 e. The smallest absolute Gasteiger partial charge is 0.142 e. The van der Waals surface area contributed by atoms with Gasteiger partial charge in [0, 0.05) is 37.4 Å². The number of hydrogen-bond donors (Lipinski definition) is 0. The Morgan fingerprint density at radius 2 is 0.723 bits per heavy atom. The van der Waals surface area contributed by atoms with Gasteiger partial charge >= 0.3 is 0 Å². The van der Waals surface area contributed by atoms with E-state index in [4.69, 9.17) is 15.0 Å². The van der Waals surface area contributed by atoms with Crippen molar-refractivity contribution in [2.75, 3.05) is 0 Å². The van der Waals surface area contributed by atoms with Crippen LogP contribution in [-0.2, 0) is 20.1 Å². The summed E-state index contributed by atoms with van der Waals surface area (Å²) in [5.41, 5.74) is 17.6. The summed E-state index contributed by atoms with van der Waals surface area (Å²) in [4.78, 5) is 15.7. The number of aromatic nitrogens is 3. The molecule has 0 atom stereocenters. The molecule has 0 fully saturated rings. The molecule has 4 heteroatoms. The average molecular weight is 1010 g/mol. The van der Waals surface area contributed by atoms with Gasteiger partial charge < -0.3 is 4.98 Å². The molecule has 0 spiro atoms. The summed E-state index contributed by atoms with van der Waals surface area (Å²) in [6.45, 7) is 0. The van der Waals surface area contributed by atoms with Gasteiger partial charge in [-0.1, -0.05) is 169 Å². The van der Waals surface area contributed by atoms with Crippen LogP contribution in [0.15, 0.2) is 243 Å². The van der Waals surface area contributed by atoms with E-state index in [9.17, 15) is 0 Å². The summed E-state index contributed by atoms with van der Waals surface area (Å²) < 4.78 is 0. The number of benzene rings is 9. The molecule has 0 unspecified atom stereocenters. The largest absolute Gasteiger partial charge is 0.304 e. The number of rotatable bonds is 9. The molecule has 2 aromatic heterocycles. The van der Waals surface area contributed by atoms with Gasteiger partial charge in [0.1, 0.15) is 5.82 Å². The van der Waals surface area contributed by atoms with Gasteiger partial charge in [-0.15, -0.1) is 29.8 Å². The molecule has 1 radical (unpaired) electrons. The quantitative estimate of drug-likeness (QED) is 0.135. The molecule has 0 saturated carbocycles. The zero-order chi connectivity index (χ0) is 42.7. The molecular weight excluding hydrogens is 967 g/mol. The van der Waals surface area contributed by atoms with Crippen LogP contribution in [0.3, 0.4) is 0 Å². The van der Waals surface area contributed by atoms with Crippen LogP contribution in [-0.4, -0.2) is 15.0 Å². The van der Waals surface area contributed by atoms with Gasteiger partial charge in [0.25, 0.3) is 0 Å². The van der Waals surface area contributed by atoms with Crippen molar-refractivity contribution in [3.8, 4) is 101 Å². The van der Waals surface area contributed by atoms with Crippen LogP contribution < -0.4 is 0 Å². The molecule has 0 saturated heterocycles. The van der Waals surface area contributed by atoms with Crippen LogP contribution in [0.25, 0.3) is 112 Å². The Morgan fingerprint density at radius 3 is 1.26 bits per heavy atom. The summed E-state index contributed by atoms with van der Waals surface area (Å²) in [6, 6.07) is 86.8. The van der Waals surface area contributed by atoms with Gasteiger partial charge in [-0.05, 0) is 127 Å². The molecule has 0 N–H and O–H groups in total. The number of hydrogen-bond acceptors (Lipinski definition) is 3. The Kier molecular flexibility index (Phi) is 11.7. The van der Waals surface area contributed by atoms with Crippen molar-refractivity contribution in [3.05, 3.63) is 249 Å². The second kappa shape index (κ2) is 18.5. The second-order valence-electron chi connectivity index (χ2n) is 16.0. The first-order chi connectivity index (χ1) is 31.7. The van der Waals surface area contributed by atoms with E-state index in [2.05, 4.69) is 224 Å². The van der Waals surface area contributed by atoms with Gasteiger partial charge in [0.2, 0.25) is 0 Å². The number of nitrogens with zero attached hydrogens (tertiary/aromatic N) is 3. The zero-order valence-corrected chi connectivity index (χ0v) is 37.7. The first-order valence-electron chi connectivity index (χ1n) is 21.6. The molecule has 0 amide bonds. The Labute approximate surface area is 393 Å². The number of fused-ring (bicyclic) bond motifs is 1. The van der Waals surface area contributed by atoms with Gasteiger partial charge in [0.05, 0.1) is 11.4 Å². The zero-order valence-electron chi connectivity index (χ0n) is 35.3. The topological polar surface area (TPSA) is 38.7 Å². The summed E-state index contributed by atoms with van der Waals surface area (Å²) in [5.74, 6) is 0.618. The van der Waals surface area contributed by atoms with E-state index in [1.54, 1.807) is 0 Å². The molecule has 11 aromatic rings. The molecule has 309 valence electrons. The van der Waals surface area contributed by atoms with Crippen molar-refractivity contribution >= 4 is 10.8 Å². The molecule has 9 aromatic carbocycles. The van der Waals surface area contributed by atoms with E-state index >= 15 is 0 Å². The van der Waals surface area contributed by atoms with E-state index in [1.165, 1.54) is 11.1 Å². The summed E-state index contributed by atoms with van der Waals surface area (Å²) in [7, 11) is 0. The normalized spacial score (nSPS) is 11.0. The van der Waals surface area contributed by atoms with Gasteiger partial charge in [0.15, 0.2) is 0 Å². The first kappa shape index (κ1) is 41.1. The van der Waals surface area contributed by atoms with Crippen molar-refractivity contribution in [1.82, 2.24) is 15.0 Å². The summed E-state index contributed by atoms with van der Waals surface area (Å²) in [5, 5.41) is 2.20. The average Bonchev–Trinajstić information content (AvgIpc) is 3.39. The summed E-state index contributed by atoms with van der Waals surface area (Å²) in [6.07, 6.45) is 1.87. The minimum atomic E-state index is 0. The maximum atomic E-state index is 5.45. The molecule has 65 heavy (non-hydrogen) atoms. The van der Waals surface area contributed by atoms with Crippen LogP contribution >= 0.6 is 0 Å². The van der Waals surface area contributed by atoms with Crippen LogP contribution in [0.5, 0.6) is 0 Å². The minimum Gasteiger partial charge on any atom is -0.304 e. The van der Waals surface area contributed by atoms with Gasteiger partial charge in [-0.25, -0.2) is 9.97 Å². The van der Waals surface area contributed by atoms with E-state index in [1.807, 2.05) is 24.4 Å². The van der Waals surface area contributed by atoms with Crippen molar-refractivity contribution in [2.24, 2.45) is 0 Å². The van der Waals surface area contributed by atoms with Crippen LogP contribution in [0, 0.1) is 6.07 Å². The third kappa shape index (κ3) is 8.74. The van der Waals surface area contributed by atoms with Crippen molar-refractivity contribution in [3.63, 3.8) is 0 Å². The fourth-order valence-corrected chi connectivity index (χ4v) is 8.57. The van der Waals surface area contributed by atoms with Crippen molar-refractivity contribution in [1.29, 1.82) is 0 Å². The van der Waals surface area contributed by atoms with Crippen LogP contribution in [0.4, 0.5) is 0 Å². The van der Waals surface area contributed by atoms with Crippen LogP contribution in [0.2, 0.25) is 0 Å². The predicted molar refractivity (Wildman–Crippen MR) is 265 cm³/mol. The minimum absolute atomic E-state index is 0. The Balaban J connectivity index is 0.00000498. The third-order valence-electron chi connectivity index (χ3n) is 11.8. The Hall–Kier alpha value is -7.88. The van der Waals surface area contributed by atoms with Gasteiger partial charge in [-0.2, -0.15) is 0 Å². The van der Waals surface area contributed by atoms with E-state index in [0.717, 1.165) is 94.6 Å². The monoisotopic (exact) mass is 1010 g/mol. The first-order valence-corrected chi connectivity index (χ1v) is 21.6. The maximum absolute atomic E-state index is 5.45. The molecule has 2 heterocycles. The predicted octanol–water partition coefficient (Wildman–Crippen LogP) is 15.8. The Morgan fingerprint density at radius 1 is 0.308 bits per heavy atom. The third-order valence-corrected chi connectivity index (χ3v) is 11.8. The van der Waals surface area contributed by atoms with E-state index in [0.29, 0.717) is 5.82 Å². The molecule has 11 rings (SSSR count). The fourth-order valence-electron chi connectivity index (χ4n) is 8.57. The fraction of sp³-hybridized carbons (Fsp3) is 0. The molecule has 0 aliphatic rings. The van der Waals surface area contributed by atoms with Crippen LogP contribution in [0.1, 0.15) is 0 Å². The molecule has 0 aliphatic carbocycles. The second-order valence-corrected chi connectivity index (χ2v) is 16.0. The van der Waals surface area contributed by atoms with Gasteiger partial charge in [-0.3, -0.25) is 0 Å². The van der Waals surface area contributed by atoms with E-state index < -0.39 is 0 Å². The standard InChI is InChI=1S/C61H40N3.Ir/c1-5-17-42(18-6-1)47-26-15-27-48(33-47)54-36-53(45-23-11-4-12-24-45)39-56(40-54)59-41-58(55-37-51(43-19-7-2-8-20-43)35-52(38-55)44-21-9-3-10-22-44)63-61(64-59)50-29-16-28-49(34-50)60-57-30-14-13-25-46(57)31-32-62-60;/h1-27,29-41H;/q-1;. The van der Waals surface area contributed by atoms with Crippen molar-refractivity contribution in [2.45, 2.75) is 0 Å². The number of pyridine rings is 1. The van der Waals surface area contributed by atoms with Crippen molar-refractivity contribution < 1.29 is 20.1 Å². The molecule has 0 aliphatic heterocycles.